The van der Waals surface area contributed by atoms with E-state index in [1.165, 1.54) is 5.69 Å². The molecular formula is C19H22N6O. The Kier molecular flexibility index (Phi) is 4.28. The first-order valence-corrected chi connectivity index (χ1v) is 8.98. The zero-order valence-corrected chi connectivity index (χ0v) is 15.1. The third kappa shape index (κ3) is 3.00. The van der Waals surface area contributed by atoms with Crippen molar-refractivity contribution in [1.29, 1.82) is 0 Å². The molecule has 0 radical (unpaired) electrons. The summed E-state index contributed by atoms with van der Waals surface area (Å²) in [6, 6.07) is 10.3. The van der Waals surface area contributed by atoms with Gasteiger partial charge >= 0.3 is 0 Å². The molecule has 0 atom stereocenters. The Balaban J connectivity index is 1.51. The van der Waals surface area contributed by atoms with E-state index in [4.69, 9.17) is 0 Å². The zero-order chi connectivity index (χ0) is 18.1. The second-order valence-electron chi connectivity index (χ2n) is 6.48. The summed E-state index contributed by atoms with van der Waals surface area (Å²) >= 11 is 0. The Hall–Kier alpha value is -2.96. The fourth-order valence-electron chi connectivity index (χ4n) is 3.28. The van der Waals surface area contributed by atoms with Crippen LogP contribution in [-0.4, -0.2) is 56.6 Å². The van der Waals surface area contributed by atoms with Crippen LogP contribution in [0.15, 0.2) is 36.5 Å². The zero-order valence-electron chi connectivity index (χ0n) is 15.1. The molecule has 1 aromatic carbocycles. The largest absolute Gasteiger partial charge is 0.368 e. The lowest BCUT2D eigenvalue weighted by molar-refractivity contribution is 0.0745. The number of aromatic nitrogens is 4. The van der Waals surface area contributed by atoms with Gasteiger partial charge in [-0.05, 0) is 19.1 Å². The van der Waals surface area contributed by atoms with E-state index in [0.29, 0.717) is 30.1 Å². The molecule has 0 spiro atoms. The maximum absolute atomic E-state index is 13.0. The van der Waals surface area contributed by atoms with E-state index < -0.39 is 0 Å². The van der Waals surface area contributed by atoms with E-state index in [9.17, 15) is 4.79 Å². The Bertz CT molecular complexity index is 928. The van der Waals surface area contributed by atoms with Crippen molar-refractivity contribution in [3.05, 3.63) is 53.6 Å². The van der Waals surface area contributed by atoms with Crippen LogP contribution in [0.25, 0.3) is 5.78 Å². The number of hydrogen-bond acceptors (Lipinski definition) is 5. The van der Waals surface area contributed by atoms with Gasteiger partial charge in [0.25, 0.3) is 11.7 Å². The molecule has 0 unspecified atom stereocenters. The Morgan fingerprint density at radius 1 is 1.08 bits per heavy atom. The van der Waals surface area contributed by atoms with Gasteiger partial charge < -0.3 is 9.80 Å². The number of para-hydroxylation sites is 1. The average molecular weight is 350 g/mol. The minimum Gasteiger partial charge on any atom is -0.368 e. The second kappa shape index (κ2) is 6.74. The lowest BCUT2D eigenvalue weighted by atomic mass is 10.2. The number of carbonyl (C=O) groups is 1. The van der Waals surface area contributed by atoms with Crippen molar-refractivity contribution >= 4 is 17.4 Å². The van der Waals surface area contributed by atoms with Gasteiger partial charge in [0.05, 0.1) is 11.3 Å². The molecule has 1 aliphatic rings. The van der Waals surface area contributed by atoms with Gasteiger partial charge in [-0.2, -0.15) is 4.98 Å². The van der Waals surface area contributed by atoms with Crippen molar-refractivity contribution in [2.45, 2.75) is 20.3 Å². The summed E-state index contributed by atoms with van der Waals surface area (Å²) in [5.74, 6) is 1.29. The van der Waals surface area contributed by atoms with Crippen molar-refractivity contribution in [2.24, 2.45) is 0 Å². The molecule has 2 aromatic heterocycles. The van der Waals surface area contributed by atoms with Gasteiger partial charge in [0, 0.05) is 44.5 Å². The summed E-state index contributed by atoms with van der Waals surface area (Å²) in [6.45, 7) is 6.90. The maximum Gasteiger partial charge on any atom is 0.257 e. The van der Waals surface area contributed by atoms with Crippen molar-refractivity contribution in [3.8, 4) is 0 Å². The highest BCUT2D eigenvalue weighted by molar-refractivity contribution is 5.95. The van der Waals surface area contributed by atoms with E-state index >= 15 is 0 Å². The molecule has 1 saturated heterocycles. The highest BCUT2D eigenvalue weighted by Crippen LogP contribution is 2.18. The number of aryl methyl sites for hydroxylation is 2. The highest BCUT2D eigenvalue weighted by Gasteiger charge is 2.24. The normalized spacial score (nSPS) is 14.8. The molecule has 0 saturated carbocycles. The quantitative estimate of drug-likeness (QED) is 0.722. The number of fused-ring (bicyclic) bond motifs is 1. The first kappa shape index (κ1) is 16.5. The molecule has 4 rings (SSSR count). The summed E-state index contributed by atoms with van der Waals surface area (Å²) in [5, 5.41) is 4.38. The lowest BCUT2D eigenvalue weighted by Crippen LogP contribution is -2.49. The fourth-order valence-corrected chi connectivity index (χ4v) is 3.28. The van der Waals surface area contributed by atoms with Crippen LogP contribution >= 0.6 is 0 Å². The molecule has 134 valence electrons. The third-order valence-electron chi connectivity index (χ3n) is 4.80. The number of benzene rings is 1. The van der Waals surface area contributed by atoms with Gasteiger partial charge in [-0.25, -0.2) is 9.50 Å². The Morgan fingerprint density at radius 2 is 1.81 bits per heavy atom. The van der Waals surface area contributed by atoms with Gasteiger partial charge in [0.1, 0.15) is 0 Å². The Morgan fingerprint density at radius 3 is 2.50 bits per heavy atom. The molecule has 26 heavy (non-hydrogen) atoms. The van der Waals surface area contributed by atoms with E-state index in [2.05, 4.69) is 32.1 Å². The first-order chi connectivity index (χ1) is 12.7. The van der Waals surface area contributed by atoms with Crippen molar-refractivity contribution < 1.29 is 4.79 Å². The molecule has 1 aliphatic heterocycles. The van der Waals surface area contributed by atoms with E-state index in [1.807, 2.05) is 36.9 Å². The number of carbonyl (C=O) groups excluding carboxylic acids is 1. The van der Waals surface area contributed by atoms with Crippen LogP contribution in [-0.2, 0) is 6.42 Å². The molecule has 1 fully saturated rings. The van der Waals surface area contributed by atoms with Gasteiger partial charge in [0.15, 0.2) is 5.82 Å². The molecule has 0 aliphatic carbocycles. The fraction of sp³-hybridized carbons (Fsp3) is 0.368. The van der Waals surface area contributed by atoms with Crippen LogP contribution in [0.4, 0.5) is 5.69 Å². The predicted molar refractivity (Wildman–Crippen MR) is 99.5 cm³/mol. The molecular weight excluding hydrogens is 328 g/mol. The second-order valence-corrected chi connectivity index (χ2v) is 6.48. The maximum atomic E-state index is 13.0. The van der Waals surface area contributed by atoms with E-state index in [-0.39, 0.29) is 5.91 Å². The van der Waals surface area contributed by atoms with Gasteiger partial charge in [0.2, 0.25) is 0 Å². The van der Waals surface area contributed by atoms with Crippen molar-refractivity contribution in [2.75, 3.05) is 31.1 Å². The van der Waals surface area contributed by atoms with Crippen LogP contribution in [0.5, 0.6) is 0 Å². The molecule has 3 aromatic rings. The van der Waals surface area contributed by atoms with Crippen LogP contribution < -0.4 is 4.90 Å². The van der Waals surface area contributed by atoms with Crippen molar-refractivity contribution in [3.63, 3.8) is 0 Å². The average Bonchev–Trinajstić information content (AvgIpc) is 3.09. The lowest BCUT2D eigenvalue weighted by Gasteiger charge is -2.36. The number of amides is 1. The minimum atomic E-state index is 0.0122. The third-order valence-corrected chi connectivity index (χ3v) is 4.80. The monoisotopic (exact) mass is 350 g/mol. The Labute approximate surface area is 152 Å². The summed E-state index contributed by atoms with van der Waals surface area (Å²) in [4.78, 5) is 26.0. The van der Waals surface area contributed by atoms with E-state index in [1.54, 1.807) is 10.7 Å². The van der Waals surface area contributed by atoms with Crippen LogP contribution in [0.1, 0.15) is 28.8 Å². The van der Waals surface area contributed by atoms with Gasteiger partial charge in [-0.1, -0.05) is 25.1 Å². The van der Waals surface area contributed by atoms with Crippen LogP contribution in [0.2, 0.25) is 0 Å². The van der Waals surface area contributed by atoms with Gasteiger partial charge in [-0.3, -0.25) is 4.79 Å². The highest BCUT2D eigenvalue weighted by atomic mass is 16.2. The van der Waals surface area contributed by atoms with E-state index in [0.717, 1.165) is 25.3 Å². The van der Waals surface area contributed by atoms with Crippen molar-refractivity contribution in [1.82, 2.24) is 24.5 Å². The smallest absolute Gasteiger partial charge is 0.257 e. The summed E-state index contributed by atoms with van der Waals surface area (Å²) < 4.78 is 1.61. The standard InChI is InChI=1S/C19H22N6O/c1-3-17-21-19-20-14(2)16(13-25(19)22-17)18(26)24-11-9-23(10-12-24)15-7-5-4-6-8-15/h4-8,13H,3,9-12H2,1-2H3. The number of anilines is 1. The molecule has 7 nitrogen and oxygen atoms in total. The molecule has 7 heteroatoms. The number of piperazine rings is 1. The van der Waals surface area contributed by atoms with Gasteiger partial charge in [-0.15, -0.1) is 5.10 Å². The molecule has 3 heterocycles. The molecule has 0 N–H and O–H groups in total. The SMILES string of the molecule is CCc1nc2nc(C)c(C(=O)N3CCN(c4ccccc4)CC3)cn2n1. The summed E-state index contributed by atoms with van der Waals surface area (Å²) in [5.41, 5.74) is 2.50. The molecule has 1 amide bonds. The predicted octanol–water partition coefficient (Wildman–Crippen LogP) is 1.96. The summed E-state index contributed by atoms with van der Waals surface area (Å²) in [6.07, 6.45) is 2.50. The number of hydrogen-bond donors (Lipinski definition) is 0. The first-order valence-electron chi connectivity index (χ1n) is 8.98. The topological polar surface area (TPSA) is 66.6 Å². The summed E-state index contributed by atoms with van der Waals surface area (Å²) in [7, 11) is 0. The number of nitrogens with zero attached hydrogens (tertiary/aromatic N) is 6. The van der Waals surface area contributed by atoms with Crippen LogP contribution in [0.3, 0.4) is 0 Å². The molecule has 0 bridgehead atoms. The minimum absolute atomic E-state index is 0.0122. The van der Waals surface area contributed by atoms with Crippen LogP contribution in [0, 0.1) is 6.92 Å². The number of rotatable bonds is 3.